The summed E-state index contributed by atoms with van der Waals surface area (Å²) in [6, 6.07) is -0.900. The minimum absolute atomic E-state index is 0.0212. The third kappa shape index (κ3) is 5.99. The SMILES string of the molecule is C#CCON=C(C(=O)NC1C(=O)N2CC(CSc3nnnn3CCC)(C(=O)O)CS[C@H]12)c1csc(NC=O)n1. The van der Waals surface area contributed by atoms with Crippen LogP contribution in [0.15, 0.2) is 15.7 Å². The molecule has 3 amide bonds. The maximum atomic E-state index is 13.1. The highest BCUT2D eigenvalue weighted by atomic mass is 32.2. The first-order valence-corrected chi connectivity index (χ1v) is 14.4. The zero-order chi connectivity index (χ0) is 28.0. The zero-order valence-electron chi connectivity index (χ0n) is 20.5. The van der Waals surface area contributed by atoms with Gasteiger partial charge in [0.2, 0.25) is 17.5 Å². The normalized spacial score (nSPS) is 22.3. The Morgan fingerprint density at radius 3 is 3.03 bits per heavy atom. The molecule has 4 heterocycles. The molecule has 3 N–H and O–H groups in total. The van der Waals surface area contributed by atoms with Gasteiger partial charge in [0.05, 0.1) is 0 Å². The number of oxime groups is 1. The number of nitrogens with zero attached hydrogens (tertiary/aromatic N) is 7. The quantitative estimate of drug-likeness (QED) is 0.0524. The Kier molecular flexibility index (Phi) is 9.04. The minimum Gasteiger partial charge on any atom is -0.481 e. The van der Waals surface area contributed by atoms with E-state index in [9.17, 15) is 24.3 Å². The van der Waals surface area contributed by atoms with Gasteiger partial charge in [0.15, 0.2) is 17.5 Å². The minimum atomic E-state index is -1.22. The molecule has 0 aromatic carbocycles. The smallest absolute Gasteiger partial charge is 0.313 e. The van der Waals surface area contributed by atoms with Gasteiger partial charge in [0, 0.05) is 30.0 Å². The van der Waals surface area contributed by atoms with E-state index < -0.39 is 34.6 Å². The number of amides is 3. The number of fused-ring (bicyclic) bond motifs is 1. The molecule has 206 valence electrons. The van der Waals surface area contributed by atoms with Crippen molar-refractivity contribution in [2.45, 2.75) is 36.5 Å². The number of hydrogen-bond acceptors (Lipinski definition) is 13. The molecule has 0 radical (unpaired) electrons. The van der Waals surface area contributed by atoms with Crippen LogP contribution in [0.2, 0.25) is 0 Å². The average molecular weight is 594 g/mol. The fourth-order valence-corrected chi connectivity index (χ4v) is 7.23. The zero-order valence-corrected chi connectivity index (χ0v) is 22.9. The molecule has 18 heteroatoms. The van der Waals surface area contributed by atoms with Crippen molar-refractivity contribution >= 4 is 69.9 Å². The van der Waals surface area contributed by atoms with Crippen LogP contribution < -0.4 is 10.6 Å². The predicted molar refractivity (Wildman–Crippen MR) is 142 cm³/mol. The Hall–Kier alpha value is -3.69. The number of carbonyl (C=O) groups is 4. The summed E-state index contributed by atoms with van der Waals surface area (Å²) in [7, 11) is 0. The van der Waals surface area contributed by atoms with Crippen LogP contribution in [0.25, 0.3) is 0 Å². The number of aromatic nitrogens is 5. The Balaban J connectivity index is 1.43. The number of nitrogens with one attached hydrogen (secondary N) is 2. The molecule has 4 rings (SSSR count). The van der Waals surface area contributed by atoms with Crippen LogP contribution in [0.3, 0.4) is 0 Å². The molecule has 0 saturated carbocycles. The molecule has 3 atom stereocenters. The van der Waals surface area contributed by atoms with E-state index >= 15 is 0 Å². The Bertz CT molecular complexity index is 1320. The first-order valence-electron chi connectivity index (χ1n) is 11.5. The van der Waals surface area contributed by atoms with E-state index in [-0.39, 0.29) is 41.2 Å². The third-order valence-electron chi connectivity index (χ3n) is 5.75. The lowest BCUT2D eigenvalue weighted by Gasteiger charge is -2.53. The molecule has 15 nitrogen and oxygen atoms in total. The van der Waals surface area contributed by atoms with Gasteiger partial charge in [-0.05, 0) is 16.8 Å². The van der Waals surface area contributed by atoms with Crippen LogP contribution in [-0.2, 0) is 30.6 Å². The topological polar surface area (TPSA) is 194 Å². The summed E-state index contributed by atoms with van der Waals surface area (Å²) < 4.78 is 1.62. The number of thioether (sulfide) groups is 2. The molecule has 2 aromatic heterocycles. The lowest BCUT2D eigenvalue weighted by atomic mass is 9.89. The highest BCUT2D eigenvalue weighted by molar-refractivity contribution is 8.00. The number of carboxylic acid groups (broad SMARTS) is 1. The molecule has 2 aliphatic rings. The number of aliphatic carboxylic acids is 1. The van der Waals surface area contributed by atoms with Crippen molar-refractivity contribution in [2.24, 2.45) is 10.6 Å². The van der Waals surface area contributed by atoms with Crippen LogP contribution in [0.5, 0.6) is 0 Å². The van der Waals surface area contributed by atoms with Gasteiger partial charge >= 0.3 is 5.97 Å². The van der Waals surface area contributed by atoms with Gasteiger partial charge in [-0.1, -0.05) is 29.8 Å². The van der Waals surface area contributed by atoms with Gasteiger partial charge in [-0.25, -0.2) is 9.67 Å². The highest BCUT2D eigenvalue weighted by Crippen LogP contribution is 2.44. The maximum Gasteiger partial charge on any atom is 0.313 e. The number of tetrazole rings is 1. The van der Waals surface area contributed by atoms with Crippen molar-refractivity contribution in [3.63, 3.8) is 0 Å². The summed E-state index contributed by atoms with van der Waals surface area (Å²) in [5.74, 6) is 0.423. The lowest BCUT2D eigenvalue weighted by molar-refractivity contribution is -0.157. The number of aryl methyl sites for hydroxylation is 1. The number of β-lactam (4-membered cyclic amide) rings is 1. The van der Waals surface area contributed by atoms with E-state index in [1.165, 1.54) is 33.8 Å². The summed E-state index contributed by atoms with van der Waals surface area (Å²) in [6.07, 6.45) is 6.43. The van der Waals surface area contributed by atoms with Crippen LogP contribution in [-0.4, -0.2) is 101 Å². The van der Waals surface area contributed by atoms with E-state index in [2.05, 4.69) is 42.2 Å². The molecule has 39 heavy (non-hydrogen) atoms. The van der Waals surface area contributed by atoms with E-state index in [0.717, 1.165) is 17.8 Å². The fraction of sp³-hybridized carbons (Fsp3) is 0.476. The van der Waals surface area contributed by atoms with Crippen molar-refractivity contribution < 1.29 is 29.1 Å². The van der Waals surface area contributed by atoms with E-state index in [0.29, 0.717) is 18.1 Å². The number of carbonyl (C=O) groups excluding carboxylic acids is 3. The highest BCUT2D eigenvalue weighted by Gasteiger charge is 2.57. The van der Waals surface area contributed by atoms with Crippen molar-refractivity contribution in [1.82, 2.24) is 35.4 Å². The molecule has 0 aliphatic carbocycles. The maximum absolute atomic E-state index is 13.1. The van der Waals surface area contributed by atoms with E-state index in [1.54, 1.807) is 4.68 Å². The van der Waals surface area contributed by atoms with Crippen LogP contribution in [0, 0.1) is 17.8 Å². The fourth-order valence-electron chi connectivity index (χ4n) is 3.81. The summed E-state index contributed by atoms with van der Waals surface area (Å²) in [4.78, 5) is 59.7. The van der Waals surface area contributed by atoms with Crippen molar-refractivity contribution in [1.29, 1.82) is 0 Å². The van der Waals surface area contributed by atoms with Gasteiger partial charge in [-0.3, -0.25) is 19.2 Å². The number of anilines is 1. The van der Waals surface area contributed by atoms with Crippen LogP contribution in [0.4, 0.5) is 5.13 Å². The second-order valence-electron chi connectivity index (χ2n) is 8.40. The molecule has 2 unspecified atom stereocenters. The monoisotopic (exact) mass is 593 g/mol. The van der Waals surface area contributed by atoms with E-state index in [1.807, 2.05) is 6.92 Å². The molecule has 2 saturated heterocycles. The van der Waals surface area contributed by atoms with Gasteiger partial charge in [0.25, 0.3) is 5.91 Å². The number of rotatable bonds is 13. The number of carboxylic acids is 1. The lowest BCUT2D eigenvalue weighted by Crippen LogP contribution is -2.74. The van der Waals surface area contributed by atoms with Crippen molar-refractivity contribution in [3.05, 3.63) is 11.1 Å². The number of terminal acetylenes is 1. The molecule has 2 aromatic rings. The van der Waals surface area contributed by atoms with Crippen molar-refractivity contribution in [2.75, 3.05) is 30.0 Å². The summed E-state index contributed by atoms with van der Waals surface area (Å²) >= 11 is 3.57. The molecular weight excluding hydrogens is 570 g/mol. The Labute approximate surface area is 234 Å². The first kappa shape index (κ1) is 28.3. The summed E-state index contributed by atoms with van der Waals surface area (Å²) in [5.41, 5.74) is -1.34. The van der Waals surface area contributed by atoms with Gasteiger partial charge in [-0.15, -0.1) is 34.6 Å². The third-order valence-corrected chi connectivity index (χ3v) is 9.35. The largest absolute Gasteiger partial charge is 0.481 e. The number of hydrogen-bond donors (Lipinski definition) is 3. The van der Waals surface area contributed by atoms with E-state index in [4.69, 9.17) is 11.3 Å². The summed E-state index contributed by atoms with van der Waals surface area (Å²) in [5, 5.41) is 32.2. The van der Waals surface area contributed by atoms with Gasteiger partial charge in [-0.2, -0.15) is 0 Å². The molecule has 2 aliphatic heterocycles. The van der Waals surface area contributed by atoms with Crippen molar-refractivity contribution in [3.8, 4) is 12.3 Å². The standard InChI is InChI=1S/C21H23N9O6S3/c1-3-5-30-20(25-27-28-30)39-10-21(18(34)35)8-29-16(33)14(17(29)38-9-21)24-15(32)13(26-36-6-4-2)12-7-37-19(23-12)22-11-31/h2,7,11,14,17H,3,5-6,8-10H2,1H3,(H,24,32)(H,34,35)(H,22,23,31)/t14?,17-,21?/m1/s1. The molecule has 0 bridgehead atoms. The second kappa shape index (κ2) is 12.4. The van der Waals surface area contributed by atoms with Crippen LogP contribution >= 0.6 is 34.9 Å². The second-order valence-corrected chi connectivity index (χ2v) is 11.3. The Morgan fingerprint density at radius 1 is 1.49 bits per heavy atom. The first-order chi connectivity index (χ1) is 18.8. The van der Waals surface area contributed by atoms with Crippen LogP contribution in [0.1, 0.15) is 19.0 Å². The Morgan fingerprint density at radius 2 is 2.31 bits per heavy atom. The average Bonchev–Trinajstić information content (AvgIpc) is 3.58. The molecule has 2 fully saturated rings. The number of thiazole rings is 1. The van der Waals surface area contributed by atoms with Gasteiger partial charge in [0.1, 0.15) is 22.5 Å². The molecular formula is C21H23N9O6S3. The summed E-state index contributed by atoms with van der Waals surface area (Å²) in [6.45, 7) is 2.37. The predicted octanol–water partition coefficient (Wildman–Crippen LogP) is -0.275. The molecule has 0 spiro atoms. The van der Waals surface area contributed by atoms with Gasteiger partial charge < -0.3 is 25.5 Å².